The molecule has 0 bridgehead atoms. The van der Waals surface area contributed by atoms with E-state index in [-0.39, 0.29) is 22.6 Å². The van der Waals surface area contributed by atoms with E-state index in [1.807, 2.05) is 0 Å². The first-order valence-corrected chi connectivity index (χ1v) is 12.2. The second-order valence-electron chi connectivity index (χ2n) is 8.16. The van der Waals surface area contributed by atoms with Gasteiger partial charge in [-0.2, -0.15) is 0 Å². The summed E-state index contributed by atoms with van der Waals surface area (Å²) in [5, 5.41) is 3.24. The van der Waals surface area contributed by atoms with Gasteiger partial charge in [-0.15, -0.1) is 0 Å². The maximum atomic E-state index is 13.1. The van der Waals surface area contributed by atoms with E-state index in [4.69, 9.17) is 23.2 Å². The van der Waals surface area contributed by atoms with Crippen LogP contribution in [0, 0.1) is 0 Å². The van der Waals surface area contributed by atoms with Gasteiger partial charge in [0.2, 0.25) is 5.91 Å². The normalized spacial score (nSPS) is 28.0. The molecule has 0 unspecified atom stereocenters. The SMILES string of the molecule is C[C@]1(c2ccc(Cl)cc2Cl)NC(=O)N(CC(=O)N(C2CC2)[C@H]2CCS(=O)(=O)C2)C1=O. The van der Waals surface area contributed by atoms with E-state index in [9.17, 15) is 22.8 Å². The number of urea groups is 1. The van der Waals surface area contributed by atoms with Crippen molar-refractivity contribution in [1.82, 2.24) is 15.1 Å². The Morgan fingerprint density at radius 2 is 1.93 bits per heavy atom. The summed E-state index contributed by atoms with van der Waals surface area (Å²) in [6.45, 7) is 1.08. The molecule has 0 spiro atoms. The van der Waals surface area contributed by atoms with E-state index in [0.29, 0.717) is 17.0 Å². The van der Waals surface area contributed by atoms with Crippen LogP contribution < -0.4 is 5.32 Å². The average molecular weight is 474 g/mol. The van der Waals surface area contributed by atoms with Gasteiger partial charge >= 0.3 is 6.03 Å². The van der Waals surface area contributed by atoms with E-state index in [1.54, 1.807) is 17.0 Å². The summed E-state index contributed by atoms with van der Waals surface area (Å²) in [6.07, 6.45) is 1.96. The molecule has 30 heavy (non-hydrogen) atoms. The van der Waals surface area contributed by atoms with Crippen LogP contribution in [0.3, 0.4) is 0 Å². The summed E-state index contributed by atoms with van der Waals surface area (Å²) in [5.74, 6) is -1.05. The number of halogens is 2. The Morgan fingerprint density at radius 1 is 1.23 bits per heavy atom. The Balaban J connectivity index is 1.55. The summed E-state index contributed by atoms with van der Waals surface area (Å²) in [7, 11) is -3.17. The first-order valence-electron chi connectivity index (χ1n) is 9.63. The van der Waals surface area contributed by atoms with Crippen LogP contribution in [-0.2, 0) is 25.0 Å². The van der Waals surface area contributed by atoms with Gasteiger partial charge in [0.05, 0.1) is 11.5 Å². The second-order valence-corrected chi connectivity index (χ2v) is 11.2. The fourth-order valence-corrected chi connectivity index (χ4v) is 6.50. The largest absolute Gasteiger partial charge is 0.334 e. The highest BCUT2D eigenvalue weighted by molar-refractivity contribution is 7.91. The minimum atomic E-state index is -3.17. The topological polar surface area (TPSA) is 104 Å². The van der Waals surface area contributed by atoms with E-state index in [2.05, 4.69) is 5.32 Å². The Labute approximate surface area is 184 Å². The van der Waals surface area contributed by atoms with Crippen LogP contribution in [0.4, 0.5) is 4.79 Å². The number of hydrogen-bond donors (Lipinski definition) is 1. The summed E-state index contributed by atoms with van der Waals surface area (Å²) >= 11 is 12.2. The zero-order valence-electron chi connectivity index (χ0n) is 16.2. The molecule has 3 fully saturated rings. The van der Waals surface area contributed by atoms with E-state index >= 15 is 0 Å². The maximum absolute atomic E-state index is 13.1. The highest BCUT2D eigenvalue weighted by atomic mass is 35.5. The molecule has 2 saturated heterocycles. The number of carbonyl (C=O) groups is 3. The first-order chi connectivity index (χ1) is 14.0. The third-order valence-corrected chi connectivity index (χ3v) is 8.17. The van der Waals surface area contributed by atoms with Gasteiger partial charge in [0, 0.05) is 27.7 Å². The van der Waals surface area contributed by atoms with Gasteiger partial charge < -0.3 is 10.2 Å². The van der Waals surface area contributed by atoms with Crippen LogP contribution in [-0.4, -0.2) is 66.2 Å². The number of benzene rings is 1. The number of nitrogens with zero attached hydrogens (tertiary/aromatic N) is 2. The van der Waals surface area contributed by atoms with Gasteiger partial charge in [0.15, 0.2) is 9.84 Å². The molecule has 8 nitrogen and oxygen atoms in total. The Bertz CT molecular complexity index is 1040. The van der Waals surface area contributed by atoms with Gasteiger partial charge in [0.1, 0.15) is 12.1 Å². The maximum Gasteiger partial charge on any atom is 0.325 e. The summed E-state index contributed by atoms with van der Waals surface area (Å²) in [5.41, 5.74) is -1.05. The van der Waals surface area contributed by atoms with Crippen molar-refractivity contribution in [3.05, 3.63) is 33.8 Å². The van der Waals surface area contributed by atoms with Crippen molar-refractivity contribution in [3.8, 4) is 0 Å². The number of nitrogens with one attached hydrogen (secondary N) is 1. The van der Waals surface area contributed by atoms with Crippen LogP contribution in [0.25, 0.3) is 0 Å². The number of rotatable bonds is 5. The summed E-state index contributed by atoms with van der Waals surface area (Å²) in [4.78, 5) is 41.2. The lowest BCUT2D eigenvalue weighted by Gasteiger charge is -2.30. The van der Waals surface area contributed by atoms with E-state index in [1.165, 1.54) is 13.0 Å². The standard InChI is InChI=1S/C19H21Cl2N3O5S/c1-19(14-5-2-11(20)8-15(14)21)17(26)23(18(27)22-19)9-16(25)24(12-3-4-12)13-6-7-30(28,29)10-13/h2,5,8,12-13H,3-4,6-7,9-10H2,1H3,(H,22,27)/t13-,19+/m0/s1. The molecule has 1 aromatic carbocycles. The number of imide groups is 1. The third kappa shape index (κ3) is 3.78. The minimum Gasteiger partial charge on any atom is -0.334 e. The number of hydrogen-bond acceptors (Lipinski definition) is 5. The predicted octanol–water partition coefficient (Wildman–Crippen LogP) is 1.94. The van der Waals surface area contributed by atoms with E-state index in [0.717, 1.165) is 17.7 Å². The molecular weight excluding hydrogens is 453 g/mol. The minimum absolute atomic E-state index is 0.0336. The lowest BCUT2D eigenvalue weighted by Crippen LogP contribution is -2.49. The third-order valence-electron chi connectivity index (χ3n) is 5.87. The molecule has 11 heteroatoms. The summed E-state index contributed by atoms with van der Waals surface area (Å²) < 4.78 is 23.7. The molecule has 4 amide bonds. The lowest BCUT2D eigenvalue weighted by molar-refractivity contribution is -0.140. The molecule has 1 N–H and O–H groups in total. The number of amides is 4. The van der Waals surface area contributed by atoms with Crippen molar-refractivity contribution in [2.24, 2.45) is 0 Å². The molecule has 1 aliphatic carbocycles. The number of sulfone groups is 1. The number of carbonyl (C=O) groups excluding carboxylic acids is 3. The quantitative estimate of drug-likeness (QED) is 0.657. The molecule has 162 valence electrons. The van der Waals surface area contributed by atoms with Crippen LogP contribution in [0.5, 0.6) is 0 Å². The van der Waals surface area contributed by atoms with Crippen LogP contribution in [0.1, 0.15) is 31.7 Å². The molecular formula is C19H21Cl2N3O5S. The van der Waals surface area contributed by atoms with Crippen LogP contribution in [0.15, 0.2) is 18.2 Å². The smallest absolute Gasteiger partial charge is 0.325 e. The fourth-order valence-electron chi connectivity index (χ4n) is 4.19. The van der Waals surface area contributed by atoms with Crippen molar-refractivity contribution in [3.63, 3.8) is 0 Å². The molecule has 4 rings (SSSR count). The highest BCUT2D eigenvalue weighted by Crippen LogP contribution is 2.36. The van der Waals surface area contributed by atoms with Crippen LogP contribution in [0.2, 0.25) is 10.0 Å². The van der Waals surface area contributed by atoms with Gasteiger partial charge in [-0.3, -0.25) is 14.5 Å². The Kier molecular flexibility index (Phi) is 5.27. The van der Waals surface area contributed by atoms with Crippen molar-refractivity contribution in [2.75, 3.05) is 18.1 Å². The lowest BCUT2D eigenvalue weighted by atomic mass is 9.92. The van der Waals surface area contributed by atoms with E-state index < -0.39 is 45.8 Å². The Morgan fingerprint density at radius 3 is 2.50 bits per heavy atom. The van der Waals surface area contributed by atoms with Crippen LogP contribution >= 0.6 is 23.2 Å². The van der Waals surface area contributed by atoms with Crippen molar-refractivity contribution >= 4 is 50.9 Å². The molecule has 1 aromatic rings. The van der Waals surface area contributed by atoms with Crippen molar-refractivity contribution in [1.29, 1.82) is 0 Å². The second kappa shape index (κ2) is 7.39. The average Bonchev–Trinajstić information content (AvgIpc) is 3.37. The Hall–Kier alpha value is -1.84. The van der Waals surface area contributed by atoms with Gasteiger partial charge in [-0.1, -0.05) is 29.3 Å². The zero-order chi connectivity index (χ0) is 21.8. The monoisotopic (exact) mass is 473 g/mol. The molecule has 2 heterocycles. The zero-order valence-corrected chi connectivity index (χ0v) is 18.6. The molecule has 2 aliphatic heterocycles. The molecule has 0 aromatic heterocycles. The highest BCUT2D eigenvalue weighted by Gasteiger charge is 2.51. The molecule has 3 aliphatic rings. The van der Waals surface area contributed by atoms with Gasteiger partial charge in [0.25, 0.3) is 5.91 Å². The predicted molar refractivity (Wildman–Crippen MR) is 111 cm³/mol. The molecule has 0 radical (unpaired) electrons. The van der Waals surface area contributed by atoms with Gasteiger partial charge in [-0.05, 0) is 38.3 Å². The molecule has 1 saturated carbocycles. The van der Waals surface area contributed by atoms with Gasteiger partial charge in [-0.25, -0.2) is 13.2 Å². The first kappa shape index (κ1) is 21.4. The van der Waals surface area contributed by atoms with Crippen molar-refractivity contribution < 1.29 is 22.8 Å². The molecule has 2 atom stereocenters. The fraction of sp³-hybridized carbons (Fsp3) is 0.526. The summed E-state index contributed by atoms with van der Waals surface area (Å²) in [6, 6.07) is 3.47. The van der Waals surface area contributed by atoms with Crippen molar-refractivity contribution in [2.45, 2.75) is 43.8 Å².